The quantitative estimate of drug-likeness (QED) is 0.676. The van der Waals surface area contributed by atoms with E-state index in [9.17, 15) is 14.4 Å². The van der Waals surface area contributed by atoms with Crippen LogP contribution in [0.1, 0.15) is 22.5 Å². The van der Waals surface area contributed by atoms with E-state index in [0.717, 1.165) is 0 Å². The zero-order valence-corrected chi connectivity index (χ0v) is 12.7. The summed E-state index contributed by atoms with van der Waals surface area (Å²) in [5, 5.41) is 13.2. The van der Waals surface area contributed by atoms with Gasteiger partial charge in [-0.05, 0) is 12.1 Å². The third kappa shape index (κ3) is 5.45. The molecule has 0 aliphatic carbocycles. The largest absolute Gasteiger partial charge is 0.480 e. The Morgan fingerprint density at radius 2 is 1.83 bits per heavy atom. The summed E-state index contributed by atoms with van der Waals surface area (Å²) in [4.78, 5) is 34.5. The van der Waals surface area contributed by atoms with Gasteiger partial charge in [-0.1, -0.05) is 30.3 Å². The van der Waals surface area contributed by atoms with E-state index in [2.05, 4.69) is 10.6 Å². The van der Waals surface area contributed by atoms with E-state index in [1.807, 2.05) is 0 Å². The van der Waals surface area contributed by atoms with E-state index in [0.29, 0.717) is 17.0 Å². The van der Waals surface area contributed by atoms with Crippen LogP contribution >= 0.6 is 0 Å². The maximum absolute atomic E-state index is 12.3. The fraction of sp³-hybridized carbons (Fsp3) is 0.118. The number of rotatable bonds is 7. The predicted octanol–water partition coefficient (Wildman–Crippen LogP) is 2.28. The second-order valence-electron chi connectivity index (χ2n) is 4.85. The van der Waals surface area contributed by atoms with Crippen molar-refractivity contribution < 1.29 is 23.9 Å². The Bertz CT molecular complexity index is 736. The number of urea groups is 1. The molecule has 3 N–H and O–H groups in total. The lowest BCUT2D eigenvalue weighted by atomic mass is 10.1. The van der Waals surface area contributed by atoms with Crippen molar-refractivity contribution >= 4 is 23.9 Å². The van der Waals surface area contributed by atoms with Gasteiger partial charge in [-0.2, -0.15) is 0 Å². The Kier molecular flexibility index (Phi) is 5.90. The number of carbonyl (C=O) groups is 3. The van der Waals surface area contributed by atoms with Crippen molar-refractivity contribution in [3.05, 3.63) is 65.7 Å². The summed E-state index contributed by atoms with van der Waals surface area (Å²) < 4.78 is 5.18. The number of ketones is 1. The van der Waals surface area contributed by atoms with Crippen LogP contribution in [0.15, 0.2) is 58.8 Å². The van der Waals surface area contributed by atoms with Crippen LogP contribution in [0.25, 0.3) is 6.08 Å². The molecule has 24 heavy (non-hydrogen) atoms. The zero-order valence-electron chi connectivity index (χ0n) is 12.7. The Morgan fingerprint density at radius 3 is 2.46 bits per heavy atom. The number of benzene rings is 1. The summed E-state index contributed by atoms with van der Waals surface area (Å²) in [5.74, 6) is -0.890. The van der Waals surface area contributed by atoms with E-state index in [-0.39, 0.29) is 12.2 Å². The van der Waals surface area contributed by atoms with Crippen molar-refractivity contribution in [2.45, 2.75) is 6.42 Å². The molecule has 0 saturated carbocycles. The molecule has 0 radical (unpaired) electrons. The van der Waals surface area contributed by atoms with Gasteiger partial charge in [-0.3, -0.25) is 9.59 Å². The van der Waals surface area contributed by atoms with Gasteiger partial charge < -0.3 is 20.2 Å². The number of Topliss-reactive ketones (excluding diaryl/α,β-unsaturated/α-hetero) is 1. The number of hydrogen-bond acceptors (Lipinski definition) is 4. The Labute approximate surface area is 138 Å². The molecule has 0 spiro atoms. The highest BCUT2D eigenvalue weighted by Crippen LogP contribution is 2.12. The van der Waals surface area contributed by atoms with E-state index >= 15 is 0 Å². The second kappa shape index (κ2) is 8.33. The predicted molar refractivity (Wildman–Crippen MR) is 86.2 cm³/mol. The maximum atomic E-state index is 12.3. The maximum Gasteiger partial charge on any atom is 0.323 e. The number of hydrogen-bond donors (Lipinski definition) is 3. The topological polar surface area (TPSA) is 109 Å². The normalized spacial score (nSPS) is 10.9. The highest BCUT2D eigenvalue weighted by Gasteiger charge is 2.12. The van der Waals surface area contributed by atoms with E-state index < -0.39 is 18.5 Å². The van der Waals surface area contributed by atoms with Gasteiger partial charge in [-0.25, -0.2) is 4.79 Å². The van der Waals surface area contributed by atoms with Gasteiger partial charge in [0.25, 0.3) is 0 Å². The Morgan fingerprint density at radius 1 is 1.08 bits per heavy atom. The van der Waals surface area contributed by atoms with Gasteiger partial charge in [-0.15, -0.1) is 0 Å². The minimum atomic E-state index is -1.16. The van der Waals surface area contributed by atoms with Gasteiger partial charge in [0.05, 0.1) is 12.7 Å². The average molecular weight is 328 g/mol. The first-order valence-corrected chi connectivity index (χ1v) is 7.13. The van der Waals surface area contributed by atoms with Gasteiger partial charge in [0, 0.05) is 17.3 Å². The molecule has 0 bridgehead atoms. The second-order valence-corrected chi connectivity index (χ2v) is 4.85. The monoisotopic (exact) mass is 328 g/mol. The number of carboxylic acid groups (broad SMARTS) is 1. The summed E-state index contributed by atoms with van der Waals surface area (Å²) in [5.41, 5.74) is 0.803. The average Bonchev–Trinajstić information content (AvgIpc) is 3.06. The molecule has 0 saturated heterocycles. The standard InChI is InChI=1S/C17H16N2O5/c20-15(12-5-2-1-3-6-12)10-13(9-14-7-4-8-24-14)19-17(23)18-11-16(21)22/h1-9H,10-11H2,(H,21,22)(H2,18,19,23)/b13-9+. The minimum Gasteiger partial charge on any atom is -0.480 e. The molecule has 0 atom stereocenters. The van der Waals surface area contributed by atoms with Crippen LogP contribution in [0.5, 0.6) is 0 Å². The first kappa shape index (κ1) is 17.0. The molecule has 7 nitrogen and oxygen atoms in total. The molecule has 0 fully saturated rings. The fourth-order valence-electron chi connectivity index (χ4n) is 1.92. The number of allylic oxidation sites excluding steroid dienone is 1. The fourth-order valence-corrected chi connectivity index (χ4v) is 1.92. The molecule has 2 rings (SSSR count). The third-order valence-electron chi connectivity index (χ3n) is 2.98. The lowest BCUT2D eigenvalue weighted by Gasteiger charge is -2.10. The van der Waals surface area contributed by atoms with Crippen molar-refractivity contribution in [2.24, 2.45) is 0 Å². The van der Waals surface area contributed by atoms with Gasteiger partial charge >= 0.3 is 12.0 Å². The lowest BCUT2D eigenvalue weighted by molar-refractivity contribution is -0.135. The minimum absolute atomic E-state index is 0.0643. The molecule has 7 heteroatoms. The number of aliphatic carboxylic acids is 1. The molecule has 1 aromatic carbocycles. The van der Waals surface area contributed by atoms with Crippen molar-refractivity contribution in [3.63, 3.8) is 0 Å². The van der Waals surface area contributed by atoms with Crippen LogP contribution in [-0.4, -0.2) is 29.4 Å². The van der Waals surface area contributed by atoms with Crippen LogP contribution in [0.4, 0.5) is 4.79 Å². The smallest absolute Gasteiger partial charge is 0.323 e. The molecule has 124 valence electrons. The Hall–Kier alpha value is -3.35. The van der Waals surface area contributed by atoms with Crippen LogP contribution in [-0.2, 0) is 4.79 Å². The molecular weight excluding hydrogens is 312 g/mol. The van der Waals surface area contributed by atoms with Gasteiger partial charge in [0.15, 0.2) is 5.78 Å². The highest BCUT2D eigenvalue weighted by atomic mass is 16.4. The van der Waals surface area contributed by atoms with Crippen molar-refractivity contribution in [3.8, 4) is 0 Å². The summed E-state index contributed by atoms with van der Waals surface area (Å²) in [6, 6.07) is 11.3. The van der Waals surface area contributed by atoms with Crippen molar-refractivity contribution in [2.75, 3.05) is 6.54 Å². The number of carbonyl (C=O) groups excluding carboxylic acids is 2. The van der Waals surface area contributed by atoms with E-state index in [1.165, 1.54) is 12.3 Å². The molecule has 1 aromatic heterocycles. The summed E-state index contributed by atoms with van der Waals surface area (Å²) in [6.45, 7) is -0.521. The van der Waals surface area contributed by atoms with Crippen LogP contribution < -0.4 is 10.6 Å². The molecule has 0 aliphatic rings. The van der Waals surface area contributed by atoms with Gasteiger partial charge in [0.1, 0.15) is 12.3 Å². The van der Waals surface area contributed by atoms with E-state index in [4.69, 9.17) is 9.52 Å². The van der Waals surface area contributed by atoms with Crippen LogP contribution in [0.2, 0.25) is 0 Å². The zero-order chi connectivity index (χ0) is 17.4. The van der Waals surface area contributed by atoms with Crippen LogP contribution in [0.3, 0.4) is 0 Å². The number of furan rings is 1. The lowest BCUT2D eigenvalue weighted by Crippen LogP contribution is -2.38. The molecule has 2 amide bonds. The van der Waals surface area contributed by atoms with Crippen molar-refractivity contribution in [1.82, 2.24) is 10.6 Å². The SMILES string of the molecule is O=C(O)CNC(=O)N/C(=C/c1ccco1)CC(=O)c1ccccc1. The molecular formula is C17H16N2O5. The van der Waals surface area contributed by atoms with Crippen LogP contribution in [0, 0.1) is 0 Å². The number of nitrogens with one attached hydrogen (secondary N) is 2. The molecule has 0 aliphatic heterocycles. The van der Waals surface area contributed by atoms with E-state index in [1.54, 1.807) is 42.5 Å². The van der Waals surface area contributed by atoms with Crippen molar-refractivity contribution in [1.29, 1.82) is 0 Å². The molecule has 1 heterocycles. The van der Waals surface area contributed by atoms with Gasteiger partial charge in [0.2, 0.25) is 0 Å². The highest BCUT2D eigenvalue weighted by molar-refractivity contribution is 5.98. The first-order chi connectivity index (χ1) is 11.5. The first-order valence-electron chi connectivity index (χ1n) is 7.13. The number of carboxylic acids is 1. The number of amides is 2. The third-order valence-corrected chi connectivity index (χ3v) is 2.98. The Balaban J connectivity index is 2.10. The summed E-state index contributed by atoms with van der Waals surface area (Å²) in [6.07, 6.45) is 2.92. The summed E-state index contributed by atoms with van der Waals surface area (Å²) in [7, 11) is 0. The molecule has 0 unspecified atom stereocenters. The molecule has 2 aromatic rings. The summed E-state index contributed by atoms with van der Waals surface area (Å²) >= 11 is 0.